The van der Waals surface area contributed by atoms with E-state index >= 15 is 0 Å². The molecule has 2 aromatic rings. The number of aliphatic carboxylic acids is 1. The summed E-state index contributed by atoms with van der Waals surface area (Å²) in [5, 5.41) is 19.5. The maximum absolute atomic E-state index is 11.8. The molecule has 0 radical (unpaired) electrons. The Morgan fingerprint density at radius 2 is 1.70 bits per heavy atom. The molecule has 2 fully saturated rings. The van der Waals surface area contributed by atoms with Crippen molar-refractivity contribution in [2.45, 2.75) is 83.1 Å². The fourth-order valence-corrected chi connectivity index (χ4v) is 5.91. The fraction of sp³-hybridized carbons (Fsp3) is 0.600. The minimum Gasteiger partial charge on any atom is -0.481 e. The Balaban J connectivity index is 1.55. The number of benzene rings is 1. The van der Waals surface area contributed by atoms with E-state index in [0.29, 0.717) is 18.9 Å². The van der Waals surface area contributed by atoms with Gasteiger partial charge in [0, 0.05) is 23.9 Å². The molecule has 0 unspecified atom stereocenters. The molecule has 162 valence electrons. The van der Waals surface area contributed by atoms with Crippen molar-refractivity contribution in [2.75, 3.05) is 0 Å². The zero-order chi connectivity index (χ0) is 21.1. The van der Waals surface area contributed by atoms with E-state index in [-0.39, 0.29) is 12.1 Å². The van der Waals surface area contributed by atoms with Crippen molar-refractivity contribution < 1.29 is 19.8 Å². The zero-order valence-corrected chi connectivity index (χ0v) is 17.7. The number of carboxylic acids is 2. The maximum atomic E-state index is 11.8. The fourth-order valence-electron chi connectivity index (χ4n) is 5.91. The van der Waals surface area contributed by atoms with Crippen molar-refractivity contribution >= 4 is 22.8 Å². The molecule has 2 aliphatic carbocycles. The van der Waals surface area contributed by atoms with E-state index in [2.05, 4.69) is 12.1 Å². The van der Waals surface area contributed by atoms with E-state index in [9.17, 15) is 14.7 Å². The molecule has 5 heteroatoms. The third kappa shape index (κ3) is 4.55. The summed E-state index contributed by atoms with van der Waals surface area (Å²) in [6.07, 6.45) is 12.6. The molecule has 2 saturated carbocycles. The number of fused-ring (bicyclic) bond motifs is 1. The van der Waals surface area contributed by atoms with E-state index in [1.165, 1.54) is 63.4 Å². The third-order valence-electron chi connectivity index (χ3n) is 7.42. The molecule has 5 nitrogen and oxygen atoms in total. The minimum absolute atomic E-state index is 0.0431. The van der Waals surface area contributed by atoms with Crippen LogP contribution in [0.4, 0.5) is 0 Å². The van der Waals surface area contributed by atoms with Crippen LogP contribution in [0, 0.1) is 11.8 Å². The van der Waals surface area contributed by atoms with Crippen LogP contribution < -0.4 is 0 Å². The van der Waals surface area contributed by atoms with Crippen molar-refractivity contribution in [3.63, 3.8) is 0 Å². The summed E-state index contributed by atoms with van der Waals surface area (Å²) in [5.74, 6) is 0.501. The number of hydrogen-bond donors (Lipinski definition) is 2. The summed E-state index contributed by atoms with van der Waals surface area (Å²) < 4.78 is 1.76. The second-order valence-corrected chi connectivity index (χ2v) is 9.32. The van der Waals surface area contributed by atoms with Gasteiger partial charge in [0.05, 0.1) is 0 Å². The highest BCUT2D eigenvalue weighted by atomic mass is 16.4. The first-order valence-corrected chi connectivity index (χ1v) is 11.6. The summed E-state index contributed by atoms with van der Waals surface area (Å²) in [4.78, 5) is 22.6. The van der Waals surface area contributed by atoms with Gasteiger partial charge >= 0.3 is 11.9 Å². The topological polar surface area (TPSA) is 79.5 Å². The van der Waals surface area contributed by atoms with E-state index in [4.69, 9.17) is 5.11 Å². The molecule has 0 saturated heterocycles. The predicted molar refractivity (Wildman–Crippen MR) is 117 cm³/mol. The van der Waals surface area contributed by atoms with E-state index in [1.807, 2.05) is 6.07 Å². The van der Waals surface area contributed by atoms with Gasteiger partial charge in [-0.2, -0.15) is 0 Å². The van der Waals surface area contributed by atoms with Gasteiger partial charge < -0.3 is 14.8 Å². The number of carboxylic acid groups (broad SMARTS) is 2. The van der Waals surface area contributed by atoms with Crippen molar-refractivity contribution in [1.82, 2.24) is 4.57 Å². The lowest BCUT2D eigenvalue weighted by molar-refractivity contribution is -0.137. The highest BCUT2D eigenvalue weighted by Crippen LogP contribution is 2.44. The van der Waals surface area contributed by atoms with Gasteiger partial charge in [-0.25, -0.2) is 4.79 Å². The maximum Gasteiger partial charge on any atom is 0.352 e. The third-order valence-corrected chi connectivity index (χ3v) is 7.42. The molecule has 0 amide bonds. The van der Waals surface area contributed by atoms with E-state index in [0.717, 1.165) is 22.7 Å². The Bertz CT molecular complexity index is 909. The summed E-state index contributed by atoms with van der Waals surface area (Å²) in [7, 11) is 0. The summed E-state index contributed by atoms with van der Waals surface area (Å²) in [6.45, 7) is 0.407. The van der Waals surface area contributed by atoms with Crippen LogP contribution in [-0.2, 0) is 11.3 Å². The molecule has 1 aromatic carbocycles. The standard InChI is InChI=1S/C25H33NO4/c27-24(28)10-5-13-26-22-12-11-20(15-21(22)16-23(26)25(29)30)19-9-4-8-18(14-19)17-6-2-1-3-7-17/h11-12,15-19H,1-10,13-14H2,(H,27,28)(H,29,30)/t18-,19+/m0/s1. The Morgan fingerprint density at radius 3 is 2.43 bits per heavy atom. The largest absolute Gasteiger partial charge is 0.481 e. The lowest BCUT2D eigenvalue weighted by Gasteiger charge is -2.36. The first-order chi connectivity index (χ1) is 14.5. The second-order valence-electron chi connectivity index (χ2n) is 9.32. The van der Waals surface area contributed by atoms with Crippen LogP contribution in [0.5, 0.6) is 0 Å². The zero-order valence-electron chi connectivity index (χ0n) is 17.7. The first kappa shape index (κ1) is 21.0. The second kappa shape index (κ2) is 9.23. The molecule has 0 bridgehead atoms. The lowest BCUT2D eigenvalue weighted by Crippen LogP contribution is -2.23. The van der Waals surface area contributed by atoms with Gasteiger partial charge in [0.2, 0.25) is 0 Å². The first-order valence-electron chi connectivity index (χ1n) is 11.6. The minimum atomic E-state index is -0.960. The van der Waals surface area contributed by atoms with Gasteiger partial charge in [0.15, 0.2) is 0 Å². The number of aryl methyl sites for hydroxylation is 1. The quantitative estimate of drug-likeness (QED) is 0.580. The smallest absolute Gasteiger partial charge is 0.352 e. The predicted octanol–water partition coefficient (Wildman–Crippen LogP) is 6.06. The normalized spacial score (nSPS) is 22.9. The van der Waals surface area contributed by atoms with Crippen LogP contribution >= 0.6 is 0 Å². The molecule has 2 N–H and O–H groups in total. The highest BCUT2D eigenvalue weighted by molar-refractivity contribution is 5.94. The molecule has 4 rings (SSSR count). The summed E-state index contributed by atoms with van der Waals surface area (Å²) in [6, 6.07) is 8.16. The SMILES string of the molecule is O=C(O)CCCn1c(C(=O)O)cc2cc([C@@H]3CCC[C@H](C4CCCCC4)C3)ccc21. The van der Waals surface area contributed by atoms with Crippen molar-refractivity contribution in [3.8, 4) is 0 Å². The summed E-state index contributed by atoms with van der Waals surface area (Å²) in [5.41, 5.74) is 2.47. The van der Waals surface area contributed by atoms with Gasteiger partial charge in [-0.3, -0.25) is 4.79 Å². The number of aromatic carboxylic acids is 1. The molecular formula is C25H33NO4. The number of hydrogen-bond acceptors (Lipinski definition) is 2. The van der Waals surface area contributed by atoms with Gasteiger partial charge in [0.1, 0.15) is 5.69 Å². The number of aromatic nitrogens is 1. The molecular weight excluding hydrogens is 378 g/mol. The molecule has 2 atom stereocenters. The van der Waals surface area contributed by atoms with E-state index < -0.39 is 11.9 Å². The molecule has 2 aliphatic rings. The van der Waals surface area contributed by atoms with Crippen LogP contribution in [-0.4, -0.2) is 26.7 Å². The van der Waals surface area contributed by atoms with Crippen molar-refractivity contribution in [2.24, 2.45) is 11.8 Å². The van der Waals surface area contributed by atoms with Crippen LogP contribution in [0.25, 0.3) is 10.9 Å². The molecule has 1 aromatic heterocycles. The average Bonchev–Trinajstić information content (AvgIpc) is 3.12. The van der Waals surface area contributed by atoms with Gasteiger partial charge in [0.25, 0.3) is 0 Å². The Labute approximate surface area is 178 Å². The Morgan fingerprint density at radius 1 is 0.933 bits per heavy atom. The van der Waals surface area contributed by atoms with Gasteiger partial charge in [-0.1, -0.05) is 51.0 Å². The van der Waals surface area contributed by atoms with Crippen LogP contribution in [0.1, 0.15) is 92.6 Å². The number of carbonyl (C=O) groups is 2. The molecule has 0 aliphatic heterocycles. The van der Waals surface area contributed by atoms with Crippen LogP contribution in [0.3, 0.4) is 0 Å². The average molecular weight is 412 g/mol. The van der Waals surface area contributed by atoms with Crippen molar-refractivity contribution in [1.29, 1.82) is 0 Å². The lowest BCUT2D eigenvalue weighted by atomic mass is 9.69. The highest BCUT2D eigenvalue weighted by Gasteiger charge is 2.30. The molecule has 1 heterocycles. The Kier molecular flexibility index (Phi) is 6.45. The molecule has 30 heavy (non-hydrogen) atoms. The van der Waals surface area contributed by atoms with Gasteiger partial charge in [-0.05, 0) is 60.8 Å². The monoisotopic (exact) mass is 411 g/mol. The summed E-state index contributed by atoms with van der Waals surface area (Å²) >= 11 is 0. The van der Waals surface area contributed by atoms with Gasteiger partial charge in [-0.15, -0.1) is 0 Å². The van der Waals surface area contributed by atoms with Crippen LogP contribution in [0.15, 0.2) is 24.3 Å². The van der Waals surface area contributed by atoms with Crippen molar-refractivity contribution in [3.05, 3.63) is 35.5 Å². The van der Waals surface area contributed by atoms with Crippen LogP contribution in [0.2, 0.25) is 0 Å². The van der Waals surface area contributed by atoms with E-state index in [1.54, 1.807) is 10.6 Å². The number of nitrogens with zero attached hydrogens (tertiary/aromatic N) is 1. The number of rotatable bonds is 7. The Hall–Kier alpha value is -2.30. The molecule has 0 spiro atoms.